The molecular formula is C18H18ClN3O2. The summed E-state index contributed by atoms with van der Waals surface area (Å²) in [4.78, 5) is 12.6. The number of aromatic nitrogens is 2. The van der Waals surface area contributed by atoms with E-state index in [1.165, 1.54) is 12.8 Å². The highest BCUT2D eigenvalue weighted by Crippen LogP contribution is 2.32. The van der Waals surface area contributed by atoms with E-state index in [2.05, 4.69) is 10.4 Å². The predicted octanol–water partition coefficient (Wildman–Crippen LogP) is 4.07. The Hall–Kier alpha value is -2.27. The van der Waals surface area contributed by atoms with Crippen LogP contribution in [0, 0.1) is 0 Å². The van der Waals surface area contributed by atoms with Gasteiger partial charge >= 0.3 is 0 Å². The molecule has 124 valence electrons. The number of anilines is 1. The molecule has 2 aliphatic rings. The van der Waals surface area contributed by atoms with Crippen molar-refractivity contribution in [2.75, 3.05) is 11.9 Å². The van der Waals surface area contributed by atoms with Crippen LogP contribution in [0.2, 0.25) is 5.02 Å². The number of nitrogens with one attached hydrogen (secondary N) is 1. The zero-order valence-electron chi connectivity index (χ0n) is 13.2. The number of ether oxygens (including phenoxy) is 1. The van der Waals surface area contributed by atoms with Crippen molar-refractivity contribution in [1.82, 2.24) is 9.78 Å². The van der Waals surface area contributed by atoms with Gasteiger partial charge < -0.3 is 10.1 Å². The van der Waals surface area contributed by atoms with Gasteiger partial charge in [-0.3, -0.25) is 4.79 Å². The maximum absolute atomic E-state index is 12.6. The number of nitrogens with zero attached hydrogens (tertiary/aromatic N) is 2. The molecule has 2 heterocycles. The van der Waals surface area contributed by atoms with Crippen LogP contribution in [0.25, 0.3) is 6.08 Å². The first-order valence-electron chi connectivity index (χ1n) is 8.18. The molecule has 1 fully saturated rings. The molecule has 1 N–H and O–H groups in total. The van der Waals surface area contributed by atoms with E-state index in [0.717, 1.165) is 30.0 Å². The van der Waals surface area contributed by atoms with E-state index >= 15 is 0 Å². The number of carbonyl (C=O) groups excluding carboxylic acids is 1. The quantitative estimate of drug-likeness (QED) is 0.914. The van der Waals surface area contributed by atoms with Gasteiger partial charge in [0.05, 0.1) is 17.8 Å². The second kappa shape index (κ2) is 6.32. The molecule has 1 saturated carbocycles. The van der Waals surface area contributed by atoms with E-state index in [9.17, 15) is 4.79 Å². The predicted molar refractivity (Wildman–Crippen MR) is 93.3 cm³/mol. The third kappa shape index (κ3) is 2.91. The molecule has 0 unspecified atom stereocenters. The Bertz CT molecular complexity index is 806. The molecule has 6 heteroatoms. The number of hydrogen-bond donors (Lipinski definition) is 1. The molecule has 4 rings (SSSR count). The average molecular weight is 344 g/mol. The highest BCUT2D eigenvalue weighted by molar-refractivity contribution is 6.30. The first kappa shape index (κ1) is 15.3. The van der Waals surface area contributed by atoms with E-state index in [1.807, 2.05) is 22.9 Å². The standard InChI is InChI=1S/C18H18ClN3O2/c19-14-5-6-16-12(10-14)9-13(11-24-16)18(23)21-17-7-8-20-22(17)15-3-1-2-4-15/h5-10,15H,1-4,11H2,(H,21,23). The van der Waals surface area contributed by atoms with Gasteiger partial charge in [0.15, 0.2) is 0 Å². The van der Waals surface area contributed by atoms with Crippen LogP contribution < -0.4 is 10.1 Å². The van der Waals surface area contributed by atoms with E-state index in [4.69, 9.17) is 16.3 Å². The molecule has 0 radical (unpaired) electrons. The SMILES string of the molecule is O=C(Nc1ccnn1C1CCCC1)C1=Cc2cc(Cl)ccc2OC1. The molecule has 1 aliphatic carbocycles. The van der Waals surface area contributed by atoms with Gasteiger partial charge in [0, 0.05) is 16.7 Å². The zero-order valence-corrected chi connectivity index (χ0v) is 13.9. The summed E-state index contributed by atoms with van der Waals surface area (Å²) in [5.41, 5.74) is 1.40. The van der Waals surface area contributed by atoms with Crippen molar-refractivity contribution >= 4 is 29.4 Å². The van der Waals surface area contributed by atoms with Crippen molar-refractivity contribution in [3.63, 3.8) is 0 Å². The summed E-state index contributed by atoms with van der Waals surface area (Å²) in [6.07, 6.45) is 8.22. The molecule has 24 heavy (non-hydrogen) atoms. The monoisotopic (exact) mass is 343 g/mol. The van der Waals surface area contributed by atoms with Crippen LogP contribution in [-0.4, -0.2) is 22.3 Å². The number of carbonyl (C=O) groups is 1. The summed E-state index contributed by atoms with van der Waals surface area (Å²) < 4.78 is 7.58. The van der Waals surface area contributed by atoms with Gasteiger partial charge in [0.25, 0.3) is 5.91 Å². The third-order valence-electron chi connectivity index (χ3n) is 4.56. The van der Waals surface area contributed by atoms with Crippen LogP contribution in [0.3, 0.4) is 0 Å². The van der Waals surface area contributed by atoms with Gasteiger partial charge in [-0.25, -0.2) is 4.68 Å². The first-order valence-corrected chi connectivity index (χ1v) is 8.56. The summed E-state index contributed by atoms with van der Waals surface area (Å²) in [6.45, 7) is 0.248. The fourth-order valence-corrected chi connectivity index (χ4v) is 3.51. The van der Waals surface area contributed by atoms with Crippen LogP contribution in [0.1, 0.15) is 37.3 Å². The Labute approximate surface area is 145 Å². The minimum absolute atomic E-state index is 0.166. The molecule has 0 saturated heterocycles. The Kier molecular flexibility index (Phi) is 4.02. The summed E-state index contributed by atoms with van der Waals surface area (Å²) in [7, 11) is 0. The topological polar surface area (TPSA) is 56.2 Å². The molecule has 5 nitrogen and oxygen atoms in total. The lowest BCUT2D eigenvalue weighted by atomic mass is 10.1. The Morgan fingerprint density at radius 1 is 1.29 bits per heavy atom. The lowest BCUT2D eigenvalue weighted by Gasteiger charge is -2.19. The van der Waals surface area contributed by atoms with E-state index in [0.29, 0.717) is 16.6 Å². The van der Waals surface area contributed by atoms with E-state index in [-0.39, 0.29) is 12.5 Å². The zero-order chi connectivity index (χ0) is 16.5. The van der Waals surface area contributed by atoms with Crippen LogP contribution in [-0.2, 0) is 4.79 Å². The third-order valence-corrected chi connectivity index (χ3v) is 4.79. The summed E-state index contributed by atoms with van der Waals surface area (Å²) in [5.74, 6) is 1.32. The van der Waals surface area contributed by atoms with Crippen molar-refractivity contribution in [2.45, 2.75) is 31.7 Å². The van der Waals surface area contributed by atoms with Crippen LogP contribution >= 0.6 is 11.6 Å². The summed E-state index contributed by atoms with van der Waals surface area (Å²) >= 11 is 6.02. The normalized spacial score (nSPS) is 17.1. The molecule has 1 aromatic carbocycles. The van der Waals surface area contributed by atoms with Crippen molar-refractivity contribution in [1.29, 1.82) is 0 Å². The van der Waals surface area contributed by atoms with Crippen molar-refractivity contribution < 1.29 is 9.53 Å². The van der Waals surface area contributed by atoms with E-state index < -0.39 is 0 Å². The van der Waals surface area contributed by atoms with Crippen LogP contribution in [0.4, 0.5) is 5.82 Å². The minimum Gasteiger partial charge on any atom is -0.488 e. The number of rotatable bonds is 3. The summed E-state index contributed by atoms with van der Waals surface area (Å²) in [5, 5.41) is 7.96. The second-order valence-electron chi connectivity index (χ2n) is 6.19. The maximum atomic E-state index is 12.6. The highest BCUT2D eigenvalue weighted by atomic mass is 35.5. The van der Waals surface area contributed by atoms with Gasteiger partial charge in [-0.05, 0) is 37.1 Å². The van der Waals surface area contributed by atoms with Crippen LogP contribution in [0.15, 0.2) is 36.0 Å². The number of hydrogen-bond acceptors (Lipinski definition) is 3. The fourth-order valence-electron chi connectivity index (χ4n) is 3.33. The number of amides is 1. The Morgan fingerprint density at radius 2 is 2.12 bits per heavy atom. The van der Waals surface area contributed by atoms with Gasteiger partial charge in [-0.2, -0.15) is 5.10 Å². The lowest BCUT2D eigenvalue weighted by Crippen LogP contribution is -2.23. The minimum atomic E-state index is -0.166. The van der Waals surface area contributed by atoms with Gasteiger partial charge in [0.2, 0.25) is 0 Å². The highest BCUT2D eigenvalue weighted by Gasteiger charge is 2.22. The molecular weight excluding hydrogens is 326 g/mol. The van der Waals surface area contributed by atoms with Gasteiger partial charge in [-0.1, -0.05) is 24.4 Å². The molecule has 1 amide bonds. The van der Waals surface area contributed by atoms with Crippen molar-refractivity contribution in [3.8, 4) is 5.75 Å². The van der Waals surface area contributed by atoms with Crippen LogP contribution in [0.5, 0.6) is 5.75 Å². The fraction of sp³-hybridized carbons (Fsp3) is 0.333. The molecule has 0 bridgehead atoms. The molecule has 1 aliphatic heterocycles. The number of halogens is 1. The van der Waals surface area contributed by atoms with Gasteiger partial charge in [-0.15, -0.1) is 0 Å². The summed E-state index contributed by atoms with van der Waals surface area (Å²) in [6, 6.07) is 7.61. The Morgan fingerprint density at radius 3 is 2.96 bits per heavy atom. The number of fused-ring (bicyclic) bond motifs is 1. The number of benzene rings is 1. The molecule has 1 aromatic heterocycles. The maximum Gasteiger partial charge on any atom is 0.256 e. The second-order valence-corrected chi connectivity index (χ2v) is 6.63. The first-order chi connectivity index (χ1) is 11.7. The van der Waals surface area contributed by atoms with E-state index in [1.54, 1.807) is 18.3 Å². The molecule has 2 aromatic rings. The molecule has 0 spiro atoms. The molecule has 0 atom stereocenters. The largest absolute Gasteiger partial charge is 0.488 e. The van der Waals surface area contributed by atoms with Crippen molar-refractivity contribution in [3.05, 3.63) is 46.6 Å². The average Bonchev–Trinajstić information content (AvgIpc) is 3.25. The lowest BCUT2D eigenvalue weighted by molar-refractivity contribution is -0.113. The Balaban J connectivity index is 1.54. The van der Waals surface area contributed by atoms with Gasteiger partial charge in [0.1, 0.15) is 18.2 Å². The van der Waals surface area contributed by atoms with Crippen molar-refractivity contribution in [2.24, 2.45) is 0 Å². The smallest absolute Gasteiger partial charge is 0.256 e.